The largest absolute Gasteiger partial charge is 0.282 e. The Morgan fingerprint density at radius 1 is 1.15 bits per heavy atom. The van der Waals surface area contributed by atoms with Crippen molar-refractivity contribution >= 4 is 57.5 Å². The van der Waals surface area contributed by atoms with Crippen LogP contribution in [0.2, 0.25) is 0 Å². The standard InChI is InChI=1S/C14H9IN2O2S/c15-10-1-3-11(4-2-10)17-14(19)12(13(18)16-17)7-9-5-6-20-8-9/h1-8H,(H,16,18). The molecular weight excluding hydrogens is 387 g/mol. The van der Waals surface area contributed by atoms with Crippen LogP contribution in [0.4, 0.5) is 5.69 Å². The lowest BCUT2D eigenvalue weighted by Crippen LogP contribution is -2.35. The number of carbonyl (C=O) groups excluding carboxylic acids is 2. The molecule has 1 aliphatic rings. The molecule has 1 N–H and O–H groups in total. The Morgan fingerprint density at radius 2 is 1.90 bits per heavy atom. The summed E-state index contributed by atoms with van der Waals surface area (Å²) in [6.07, 6.45) is 1.61. The first kappa shape index (κ1) is 13.3. The first-order valence-electron chi connectivity index (χ1n) is 5.80. The molecule has 0 bridgehead atoms. The molecule has 0 spiro atoms. The Bertz CT molecular complexity index is 692. The van der Waals surface area contributed by atoms with Gasteiger partial charge < -0.3 is 0 Å². The predicted molar refractivity (Wildman–Crippen MR) is 87.1 cm³/mol. The Kier molecular flexibility index (Phi) is 3.58. The van der Waals surface area contributed by atoms with Gasteiger partial charge in [0.15, 0.2) is 0 Å². The number of halogens is 1. The van der Waals surface area contributed by atoms with Crippen molar-refractivity contribution in [3.63, 3.8) is 0 Å². The van der Waals surface area contributed by atoms with E-state index in [4.69, 9.17) is 0 Å². The lowest BCUT2D eigenvalue weighted by atomic mass is 10.2. The summed E-state index contributed by atoms with van der Waals surface area (Å²) >= 11 is 3.71. The van der Waals surface area contributed by atoms with Crippen LogP contribution in [-0.2, 0) is 9.59 Å². The molecule has 1 saturated heterocycles. The van der Waals surface area contributed by atoms with E-state index in [1.807, 2.05) is 29.0 Å². The van der Waals surface area contributed by atoms with Crippen molar-refractivity contribution in [2.24, 2.45) is 0 Å². The number of anilines is 1. The van der Waals surface area contributed by atoms with Gasteiger partial charge in [0.25, 0.3) is 11.8 Å². The van der Waals surface area contributed by atoms with Crippen molar-refractivity contribution < 1.29 is 9.59 Å². The molecule has 1 aromatic heterocycles. The van der Waals surface area contributed by atoms with Gasteiger partial charge in [-0.1, -0.05) is 0 Å². The molecule has 0 atom stereocenters. The zero-order valence-corrected chi connectivity index (χ0v) is 13.1. The monoisotopic (exact) mass is 396 g/mol. The van der Waals surface area contributed by atoms with Crippen LogP contribution >= 0.6 is 33.9 Å². The molecule has 2 amide bonds. The number of carbonyl (C=O) groups is 2. The summed E-state index contributed by atoms with van der Waals surface area (Å²) in [4.78, 5) is 24.2. The predicted octanol–water partition coefficient (Wildman–Crippen LogP) is 2.81. The average molecular weight is 396 g/mol. The molecular formula is C14H9IN2O2S. The van der Waals surface area contributed by atoms with Crippen molar-refractivity contribution in [2.45, 2.75) is 0 Å². The normalized spacial score (nSPS) is 16.9. The Hall–Kier alpha value is -1.67. The van der Waals surface area contributed by atoms with Crippen LogP contribution in [-0.4, -0.2) is 11.8 Å². The highest BCUT2D eigenvalue weighted by molar-refractivity contribution is 14.1. The minimum Gasteiger partial charge on any atom is -0.267 e. The summed E-state index contributed by atoms with van der Waals surface area (Å²) < 4.78 is 1.07. The Labute approximate surface area is 133 Å². The number of amides is 2. The van der Waals surface area contributed by atoms with Gasteiger partial charge in [0, 0.05) is 3.57 Å². The van der Waals surface area contributed by atoms with E-state index in [2.05, 4.69) is 28.0 Å². The fourth-order valence-corrected chi connectivity index (χ4v) is 2.83. The van der Waals surface area contributed by atoms with Gasteiger partial charge in [0.05, 0.1) is 5.69 Å². The summed E-state index contributed by atoms with van der Waals surface area (Å²) in [5, 5.41) is 5.07. The fraction of sp³-hybridized carbons (Fsp3) is 0. The molecule has 20 heavy (non-hydrogen) atoms. The van der Waals surface area contributed by atoms with Gasteiger partial charge in [-0.3, -0.25) is 15.0 Å². The van der Waals surface area contributed by atoms with Crippen molar-refractivity contribution in [1.29, 1.82) is 0 Å². The fourth-order valence-electron chi connectivity index (χ4n) is 1.85. The minimum atomic E-state index is -0.375. The van der Waals surface area contributed by atoms with Crippen LogP contribution in [0.15, 0.2) is 46.7 Å². The molecule has 1 aliphatic heterocycles. The molecule has 6 heteroatoms. The van der Waals surface area contributed by atoms with Crippen LogP contribution in [0.25, 0.3) is 6.08 Å². The smallest absolute Gasteiger partial charge is 0.267 e. The highest BCUT2D eigenvalue weighted by Crippen LogP contribution is 2.22. The number of benzene rings is 1. The number of nitrogens with one attached hydrogen (secondary N) is 1. The van der Waals surface area contributed by atoms with Gasteiger partial charge >= 0.3 is 0 Å². The van der Waals surface area contributed by atoms with Crippen LogP contribution in [0.1, 0.15) is 5.56 Å². The summed E-state index contributed by atoms with van der Waals surface area (Å²) in [7, 11) is 0. The zero-order chi connectivity index (χ0) is 14.1. The number of nitrogens with zero attached hydrogens (tertiary/aromatic N) is 1. The molecule has 1 fully saturated rings. The Balaban J connectivity index is 1.92. The van der Waals surface area contributed by atoms with Gasteiger partial charge in [0.2, 0.25) is 0 Å². The summed E-state index contributed by atoms with van der Waals surface area (Å²) in [6, 6.07) is 9.23. The number of hydrogen-bond acceptors (Lipinski definition) is 3. The highest BCUT2D eigenvalue weighted by atomic mass is 127. The zero-order valence-electron chi connectivity index (χ0n) is 10.2. The molecule has 100 valence electrons. The van der Waals surface area contributed by atoms with Gasteiger partial charge in [-0.25, -0.2) is 5.01 Å². The molecule has 2 aromatic rings. The molecule has 0 saturated carbocycles. The van der Waals surface area contributed by atoms with Crippen molar-refractivity contribution in [3.8, 4) is 0 Å². The first-order valence-corrected chi connectivity index (χ1v) is 7.82. The lowest BCUT2D eigenvalue weighted by molar-refractivity contribution is -0.117. The maximum atomic E-state index is 12.3. The third kappa shape index (κ3) is 2.48. The first-order chi connectivity index (χ1) is 9.65. The average Bonchev–Trinajstić information content (AvgIpc) is 3.04. The van der Waals surface area contributed by atoms with Crippen molar-refractivity contribution in [1.82, 2.24) is 5.43 Å². The summed E-state index contributed by atoms with van der Waals surface area (Å²) in [5.41, 5.74) is 4.24. The third-order valence-corrected chi connectivity index (χ3v) is 4.25. The number of thiophene rings is 1. The van der Waals surface area contributed by atoms with Crippen LogP contribution in [0.3, 0.4) is 0 Å². The number of rotatable bonds is 2. The van der Waals surface area contributed by atoms with Crippen molar-refractivity contribution in [3.05, 3.63) is 55.8 Å². The van der Waals surface area contributed by atoms with E-state index in [9.17, 15) is 9.59 Å². The quantitative estimate of drug-likeness (QED) is 0.482. The molecule has 4 nitrogen and oxygen atoms in total. The molecule has 0 aliphatic carbocycles. The van der Waals surface area contributed by atoms with Crippen LogP contribution in [0, 0.1) is 3.57 Å². The van der Waals surface area contributed by atoms with Gasteiger partial charge in [-0.05, 0) is 75.3 Å². The minimum absolute atomic E-state index is 0.155. The second kappa shape index (κ2) is 5.37. The van der Waals surface area contributed by atoms with E-state index in [1.54, 1.807) is 18.2 Å². The molecule has 0 radical (unpaired) electrons. The van der Waals surface area contributed by atoms with E-state index in [0.29, 0.717) is 5.69 Å². The van der Waals surface area contributed by atoms with E-state index in [0.717, 1.165) is 9.13 Å². The third-order valence-electron chi connectivity index (χ3n) is 2.83. The highest BCUT2D eigenvalue weighted by Gasteiger charge is 2.34. The summed E-state index contributed by atoms with van der Waals surface area (Å²) in [5.74, 6) is -0.706. The maximum Gasteiger partial charge on any atom is 0.282 e. The molecule has 3 rings (SSSR count). The summed E-state index contributed by atoms with van der Waals surface area (Å²) in [6.45, 7) is 0. The maximum absolute atomic E-state index is 12.3. The van der Waals surface area contributed by atoms with Crippen LogP contribution in [0.5, 0.6) is 0 Å². The molecule has 0 unspecified atom stereocenters. The van der Waals surface area contributed by atoms with E-state index < -0.39 is 0 Å². The molecule has 1 aromatic carbocycles. The van der Waals surface area contributed by atoms with Gasteiger partial charge in [-0.2, -0.15) is 11.3 Å². The Morgan fingerprint density at radius 3 is 2.55 bits per heavy atom. The van der Waals surface area contributed by atoms with Gasteiger partial charge in [-0.15, -0.1) is 0 Å². The SMILES string of the molecule is O=C1NN(c2ccc(I)cc2)C(=O)C1=Cc1ccsc1. The van der Waals surface area contributed by atoms with E-state index in [-0.39, 0.29) is 17.4 Å². The topological polar surface area (TPSA) is 49.4 Å². The second-order valence-electron chi connectivity index (χ2n) is 4.17. The number of hydrogen-bond donors (Lipinski definition) is 1. The lowest BCUT2D eigenvalue weighted by Gasteiger charge is -2.14. The van der Waals surface area contributed by atoms with Gasteiger partial charge in [0.1, 0.15) is 5.57 Å². The second-order valence-corrected chi connectivity index (χ2v) is 6.20. The number of hydrazine groups is 1. The van der Waals surface area contributed by atoms with Crippen LogP contribution < -0.4 is 10.4 Å². The van der Waals surface area contributed by atoms with E-state index >= 15 is 0 Å². The molecule has 2 heterocycles. The van der Waals surface area contributed by atoms with E-state index in [1.165, 1.54) is 16.3 Å². The van der Waals surface area contributed by atoms with Crippen molar-refractivity contribution in [2.75, 3.05) is 5.01 Å².